The van der Waals surface area contributed by atoms with Gasteiger partial charge in [0.2, 0.25) is 0 Å². The lowest BCUT2D eigenvalue weighted by Crippen LogP contribution is -2.35. The van der Waals surface area contributed by atoms with Crippen molar-refractivity contribution in [3.8, 4) is 5.69 Å². The van der Waals surface area contributed by atoms with E-state index in [-0.39, 0.29) is 17.8 Å². The zero-order chi connectivity index (χ0) is 21.2. The van der Waals surface area contributed by atoms with Crippen LogP contribution in [0.5, 0.6) is 0 Å². The van der Waals surface area contributed by atoms with Crippen molar-refractivity contribution in [1.29, 1.82) is 0 Å². The highest BCUT2D eigenvalue weighted by atomic mass is 19.1. The number of fused-ring (bicyclic) bond motifs is 1. The highest BCUT2D eigenvalue weighted by Crippen LogP contribution is 2.33. The summed E-state index contributed by atoms with van der Waals surface area (Å²) in [5.41, 5.74) is 4.67. The molecule has 0 saturated carbocycles. The average Bonchev–Trinajstić information content (AvgIpc) is 3.02. The second-order valence-electron chi connectivity index (χ2n) is 8.51. The van der Waals surface area contributed by atoms with E-state index in [0.29, 0.717) is 5.69 Å². The predicted molar refractivity (Wildman–Crippen MR) is 117 cm³/mol. The molecule has 0 spiro atoms. The maximum absolute atomic E-state index is 13.9. The minimum absolute atomic E-state index is 0.0164. The maximum Gasteiger partial charge on any atom is 0.275 e. The van der Waals surface area contributed by atoms with E-state index in [4.69, 9.17) is 5.10 Å². The first-order valence-corrected chi connectivity index (χ1v) is 11.3. The van der Waals surface area contributed by atoms with Crippen LogP contribution in [-0.2, 0) is 12.8 Å². The van der Waals surface area contributed by atoms with Crippen LogP contribution in [0.2, 0.25) is 0 Å². The van der Waals surface area contributed by atoms with Crippen LogP contribution in [0.4, 0.5) is 4.39 Å². The largest absolute Gasteiger partial charge is 0.330 e. The number of amides is 1. The van der Waals surface area contributed by atoms with Crippen LogP contribution in [0.15, 0.2) is 48.8 Å². The SMILES string of the molecule is O=C(c1nn(-c2ccc(F)cc2)c2c1CCCC2)N1CCCCCC1c1ccncc1. The number of likely N-dealkylation sites (tertiary alicyclic amines) is 1. The number of hydrogen-bond acceptors (Lipinski definition) is 3. The van der Waals surface area contributed by atoms with Gasteiger partial charge >= 0.3 is 0 Å². The van der Waals surface area contributed by atoms with Gasteiger partial charge in [-0.05, 0) is 80.5 Å². The van der Waals surface area contributed by atoms with Gasteiger partial charge in [-0.15, -0.1) is 0 Å². The van der Waals surface area contributed by atoms with Crippen LogP contribution in [0, 0.1) is 5.82 Å². The summed E-state index contributed by atoms with van der Waals surface area (Å²) in [5, 5.41) is 4.82. The van der Waals surface area contributed by atoms with Crippen molar-refractivity contribution in [2.45, 2.75) is 57.4 Å². The normalized spacial score (nSPS) is 19.0. The lowest BCUT2D eigenvalue weighted by Gasteiger charge is -2.30. The van der Waals surface area contributed by atoms with Gasteiger partial charge in [0.25, 0.3) is 5.91 Å². The lowest BCUT2D eigenvalue weighted by atomic mass is 9.94. The molecule has 1 fully saturated rings. The molecular weight excluding hydrogens is 391 g/mol. The molecule has 1 atom stereocenters. The topological polar surface area (TPSA) is 51.0 Å². The first-order valence-electron chi connectivity index (χ1n) is 11.3. The molecule has 1 amide bonds. The summed E-state index contributed by atoms with van der Waals surface area (Å²) in [5.74, 6) is -0.256. The third-order valence-corrected chi connectivity index (χ3v) is 6.56. The number of benzene rings is 1. The van der Waals surface area contributed by atoms with Crippen LogP contribution in [0.1, 0.15) is 71.9 Å². The van der Waals surface area contributed by atoms with Crippen molar-refractivity contribution in [3.63, 3.8) is 0 Å². The smallest absolute Gasteiger partial charge is 0.275 e. The monoisotopic (exact) mass is 418 g/mol. The fourth-order valence-electron chi connectivity index (χ4n) is 4.99. The van der Waals surface area contributed by atoms with Crippen LogP contribution in [-0.4, -0.2) is 32.1 Å². The Hall–Kier alpha value is -3.02. The summed E-state index contributed by atoms with van der Waals surface area (Å²) >= 11 is 0. The van der Waals surface area contributed by atoms with Crippen LogP contribution in [0.25, 0.3) is 5.69 Å². The Labute approximate surface area is 181 Å². The number of carbonyl (C=O) groups is 1. The second kappa shape index (κ2) is 8.61. The fourth-order valence-corrected chi connectivity index (χ4v) is 4.99. The van der Waals surface area contributed by atoms with Crippen molar-refractivity contribution < 1.29 is 9.18 Å². The molecule has 1 unspecified atom stereocenters. The molecular formula is C25H27FN4O. The first kappa shape index (κ1) is 19.9. The van der Waals surface area contributed by atoms with E-state index in [1.54, 1.807) is 24.5 Å². The Bertz CT molecular complexity index is 1060. The van der Waals surface area contributed by atoms with Gasteiger partial charge in [-0.3, -0.25) is 9.78 Å². The van der Waals surface area contributed by atoms with E-state index >= 15 is 0 Å². The molecule has 5 rings (SSSR count). The Morgan fingerprint density at radius 2 is 1.71 bits per heavy atom. The third-order valence-electron chi connectivity index (χ3n) is 6.56. The highest BCUT2D eigenvalue weighted by Gasteiger charge is 2.33. The Balaban J connectivity index is 1.55. The van der Waals surface area contributed by atoms with Gasteiger partial charge in [-0.1, -0.05) is 12.8 Å². The van der Waals surface area contributed by atoms with Crippen molar-refractivity contribution in [2.75, 3.05) is 6.54 Å². The van der Waals surface area contributed by atoms with E-state index in [1.807, 2.05) is 21.7 Å². The highest BCUT2D eigenvalue weighted by molar-refractivity contribution is 5.94. The summed E-state index contributed by atoms with van der Waals surface area (Å²) in [6.07, 6.45) is 11.7. The van der Waals surface area contributed by atoms with Crippen LogP contribution < -0.4 is 0 Å². The number of aromatic nitrogens is 3. The number of pyridine rings is 1. The quantitative estimate of drug-likeness (QED) is 0.599. The maximum atomic E-state index is 13.9. The first-order chi connectivity index (χ1) is 15.2. The van der Waals surface area contributed by atoms with Crippen molar-refractivity contribution in [1.82, 2.24) is 19.7 Å². The van der Waals surface area contributed by atoms with E-state index in [1.165, 1.54) is 12.1 Å². The van der Waals surface area contributed by atoms with Gasteiger partial charge in [0.05, 0.1) is 11.7 Å². The minimum Gasteiger partial charge on any atom is -0.330 e. The molecule has 1 aliphatic heterocycles. The standard InChI is InChI=1S/C25H27FN4O/c26-19-9-11-20(12-10-19)30-23-8-4-3-6-21(23)24(28-30)25(31)29-17-5-1-2-7-22(29)18-13-15-27-16-14-18/h9-16,22H,1-8,17H2. The zero-order valence-electron chi connectivity index (χ0n) is 17.6. The lowest BCUT2D eigenvalue weighted by molar-refractivity contribution is 0.0673. The molecule has 31 heavy (non-hydrogen) atoms. The summed E-state index contributed by atoms with van der Waals surface area (Å²) in [4.78, 5) is 20.1. The molecule has 160 valence electrons. The second-order valence-corrected chi connectivity index (χ2v) is 8.51. The van der Waals surface area contributed by atoms with Gasteiger partial charge in [-0.25, -0.2) is 9.07 Å². The van der Waals surface area contributed by atoms with Gasteiger partial charge in [0.1, 0.15) is 5.82 Å². The molecule has 2 aromatic heterocycles. The fraction of sp³-hybridized carbons (Fsp3) is 0.400. The number of carbonyl (C=O) groups excluding carboxylic acids is 1. The van der Waals surface area contributed by atoms with Crippen LogP contribution >= 0.6 is 0 Å². The molecule has 0 N–H and O–H groups in total. The zero-order valence-corrected chi connectivity index (χ0v) is 17.6. The minimum atomic E-state index is -0.272. The third kappa shape index (κ3) is 3.87. The number of nitrogens with zero attached hydrogens (tertiary/aromatic N) is 4. The van der Waals surface area contributed by atoms with Gasteiger partial charge in [-0.2, -0.15) is 5.10 Å². The molecule has 6 heteroatoms. The summed E-state index contributed by atoms with van der Waals surface area (Å²) in [6, 6.07) is 10.4. The van der Waals surface area contributed by atoms with Crippen molar-refractivity contribution >= 4 is 5.91 Å². The van der Waals surface area contributed by atoms with E-state index in [0.717, 1.165) is 80.4 Å². The van der Waals surface area contributed by atoms with Gasteiger partial charge in [0.15, 0.2) is 5.69 Å². The van der Waals surface area contributed by atoms with Crippen molar-refractivity contribution in [3.05, 3.63) is 77.1 Å². The van der Waals surface area contributed by atoms with E-state index in [2.05, 4.69) is 4.98 Å². The molecule has 0 radical (unpaired) electrons. The van der Waals surface area contributed by atoms with E-state index < -0.39 is 0 Å². The average molecular weight is 419 g/mol. The summed E-state index contributed by atoms with van der Waals surface area (Å²) in [6.45, 7) is 0.740. The molecule has 1 saturated heterocycles. The van der Waals surface area contributed by atoms with Gasteiger partial charge < -0.3 is 4.90 Å². The number of hydrogen-bond donors (Lipinski definition) is 0. The van der Waals surface area contributed by atoms with Crippen molar-refractivity contribution in [2.24, 2.45) is 0 Å². The Morgan fingerprint density at radius 3 is 2.52 bits per heavy atom. The molecule has 3 aromatic rings. The van der Waals surface area contributed by atoms with Gasteiger partial charge in [0, 0.05) is 30.2 Å². The summed E-state index contributed by atoms with van der Waals surface area (Å²) < 4.78 is 15.3. The Morgan fingerprint density at radius 1 is 0.935 bits per heavy atom. The predicted octanol–water partition coefficient (Wildman–Crippen LogP) is 5.04. The molecule has 1 aromatic carbocycles. The molecule has 1 aliphatic carbocycles. The van der Waals surface area contributed by atoms with Crippen LogP contribution in [0.3, 0.4) is 0 Å². The number of halogens is 1. The molecule has 2 aliphatic rings. The number of rotatable bonds is 3. The molecule has 3 heterocycles. The summed E-state index contributed by atoms with van der Waals surface area (Å²) in [7, 11) is 0. The van der Waals surface area contributed by atoms with E-state index in [9.17, 15) is 9.18 Å². The Kier molecular flexibility index (Phi) is 5.53. The molecule has 5 nitrogen and oxygen atoms in total. The molecule has 0 bridgehead atoms.